The molecular weight excluding hydrogens is 282 g/mol. The first kappa shape index (κ1) is 15.3. The molecule has 0 radical (unpaired) electrons. The molecule has 5 heteroatoms. The van der Waals surface area contributed by atoms with Crippen molar-refractivity contribution in [1.82, 2.24) is 10.3 Å². The Morgan fingerprint density at radius 3 is 2.62 bits per heavy atom. The second kappa shape index (κ2) is 7.04. The topological polar surface area (TPSA) is 46.2 Å². The minimum absolute atomic E-state index is 0.136. The summed E-state index contributed by atoms with van der Waals surface area (Å²) in [6, 6.07) is 12.1. The molecule has 0 amide bonds. The van der Waals surface area contributed by atoms with Gasteiger partial charge in [0, 0.05) is 6.07 Å². The fourth-order valence-corrected chi connectivity index (χ4v) is 2.38. The van der Waals surface area contributed by atoms with Gasteiger partial charge in [0.15, 0.2) is 5.11 Å². The first-order chi connectivity index (χ1) is 10.1. The van der Waals surface area contributed by atoms with Crippen molar-refractivity contribution < 1.29 is 4.74 Å². The molecule has 2 N–H and O–H groups in total. The Kier molecular flexibility index (Phi) is 5.11. The highest BCUT2D eigenvalue weighted by Crippen LogP contribution is 2.17. The second-order valence-electron chi connectivity index (χ2n) is 4.77. The zero-order valence-electron chi connectivity index (χ0n) is 12.4. The van der Waals surface area contributed by atoms with Crippen molar-refractivity contribution in [3.8, 4) is 5.88 Å². The van der Waals surface area contributed by atoms with E-state index in [1.54, 1.807) is 19.4 Å². The summed E-state index contributed by atoms with van der Waals surface area (Å²) in [5.41, 5.74) is 3.30. The smallest absolute Gasteiger partial charge is 0.213 e. The molecule has 0 saturated carbocycles. The third-order valence-corrected chi connectivity index (χ3v) is 3.43. The van der Waals surface area contributed by atoms with Gasteiger partial charge >= 0.3 is 0 Å². The first-order valence-electron chi connectivity index (χ1n) is 6.73. The molecule has 21 heavy (non-hydrogen) atoms. The lowest BCUT2D eigenvalue weighted by molar-refractivity contribution is 0.398. The summed E-state index contributed by atoms with van der Waals surface area (Å²) >= 11 is 5.34. The van der Waals surface area contributed by atoms with Gasteiger partial charge in [-0.15, -0.1) is 0 Å². The average Bonchev–Trinajstić information content (AvgIpc) is 2.48. The van der Waals surface area contributed by atoms with Crippen LogP contribution in [0.4, 0.5) is 5.69 Å². The lowest BCUT2D eigenvalue weighted by Gasteiger charge is -2.19. The molecule has 4 nitrogen and oxygen atoms in total. The molecule has 2 rings (SSSR count). The Morgan fingerprint density at radius 1 is 1.24 bits per heavy atom. The highest BCUT2D eigenvalue weighted by molar-refractivity contribution is 7.80. The molecule has 0 aliphatic rings. The number of hydrogen-bond acceptors (Lipinski definition) is 3. The van der Waals surface area contributed by atoms with E-state index in [9.17, 15) is 0 Å². The van der Waals surface area contributed by atoms with Gasteiger partial charge in [0.2, 0.25) is 5.88 Å². The predicted molar refractivity (Wildman–Crippen MR) is 89.7 cm³/mol. The van der Waals surface area contributed by atoms with Crippen LogP contribution in [0.1, 0.15) is 24.1 Å². The van der Waals surface area contributed by atoms with Crippen molar-refractivity contribution in [2.45, 2.75) is 19.9 Å². The molecule has 0 unspecified atom stereocenters. The van der Waals surface area contributed by atoms with Gasteiger partial charge in [0.1, 0.15) is 0 Å². The minimum Gasteiger partial charge on any atom is -0.481 e. The van der Waals surface area contributed by atoms with Gasteiger partial charge in [0.25, 0.3) is 0 Å². The number of hydrogen-bond donors (Lipinski definition) is 2. The summed E-state index contributed by atoms with van der Waals surface area (Å²) in [6.07, 6.45) is 1.69. The fourth-order valence-electron chi connectivity index (χ4n) is 2.09. The fraction of sp³-hybridized carbons (Fsp3) is 0.250. The second-order valence-corrected chi connectivity index (χ2v) is 5.17. The largest absolute Gasteiger partial charge is 0.481 e. The summed E-state index contributed by atoms with van der Waals surface area (Å²) in [5.74, 6) is 0.577. The molecule has 0 fully saturated rings. The van der Waals surface area contributed by atoms with Crippen molar-refractivity contribution >= 4 is 23.0 Å². The summed E-state index contributed by atoms with van der Waals surface area (Å²) in [5, 5.41) is 6.96. The first-order valence-corrected chi connectivity index (χ1v) is 7.14. The van der Waals surface area contributed by atoms with Crippen LogP contribution in [0, 0.1) is 6.92 Å². The molecule has 0 aliphatic heterocycles. The van der Waals surface area contributed by atoms with Crippen LogP contribution in [-0.2, 0) is 0 Å². The molecule has 1 heterocycles. The highest BCUT2D eigenvalue weighted by Gasteiger charge is 2.09. The van der Waals surface area contributed by atoms with Gasteiger partial charge in [-0.1, -0.05) is 24.3 Å². The molecule has 1 aromatic heterocycles. The molecule has 1 aromatic carbocycles. The molecule has 0 saturated heterocycles. The quantitative estimate of drug-likeness (QED) is 0.847. The maximum atomic E-state index is 5.34. The number of nitrogens with zero attached hydrogens (tertiary/aromatic N) is 1. The minimum atomic E-state index is 0.136. The number of ether oxygens (including phenoxy) is 1. The number of anilines is 1. The number of aryl methyl sites for hydroxylation is 1. The maximum absolute atomic E-state index is 5.34. The van der Waals surface area contributed by atoms with Crippen LogP contribution in [0.15, 0.2) is 42.6 Å². The van der Waals surface area contributed by atoms with Gasteiger partial charge in [-0.25, -0.2) is 4.98 Å². The summed E-state index contributed by atoms with van der Waals surface area (Å²) in [4.78, 5) is 4.13. The number of thiocarbonyl (C=S) groups is 1. The van der Waals surface area contributed by atoms with E-state index in [1.165, 1.54) is 11.1 Å². The van der Waals surface area contributed by atoms with E-state index in [0.717, 1.165) is 5.69 Å². The lowest BCUT2D eigenvalue weighted by Crippen LogP contribution is -2.31. The van der Waals surface area contributed by atoms with E-state index in [1.807, 2.05) is 18.2 Å². The highest BCUT2D eigenvalue weighted by atomic mass is 32.1. The van der Waals surface area contributed by atoms with Crippen LogP contribution in [0.5, 0.6) is 5.88 Å². The van der Waals surface area contributed by atoms with E-state index < -0.39 is 0 Å². The summed E-state index contributed by atoms with van der Waals surface area (Å²) < 4.78 is 5.02. The lowest BCUT2D eigenvalue weighted by atomic mass is 10.0. The van der Waals surface area contributed by atoms with Crippen molar-refractivity contribution in [1.29, 1.82) is 0 Å². The van der Waals surface area contributed by atoms with E-state index in [2.05, 4.69) is 41.6 Å². The van der Waals surface area contributed by atoms with Crippen molar-refractivity contribution in [3.05, 3.63) is 53.7 Å². The molecule has 2 aromatic rings. The Labute approximate surface area is 130 Å². The Morgan fingerprint density at radius 2 is 2.00 bits per heavy atom. The van der Waals surface area contributed by atoms with Crippen LogP contribution >= 0.6 is 12.2 Å². The van der Waals surface area contributed by atoms with Gasteiger partial charge in [-0.3, -0.25) is 0 Å². The number of rotatable bonds is 4. The number of nitrogens with one attached hydrogen (secondary N) is 2. The van der Waals surface area contributed by atoms with Gasteiger partial charge in [-0.2, -0.15) is 0 Å². The molecule has 0 spiro atoms. The van der Waals surface area contributed by atoms with Crippen LogP contribution in [0.25, 0.3) is 0 Å². The van der Waals surface area contributed by atoms with Crippen molar-refractivity contribution in [2.24, 2.45) is 0 Å². The average molecular weight is 301 g/mol. The van der Waals surface area contributed by atoms with E-state index >= 15 is 0 Å². The maximum Gasteiger partial charge on any atom is 0.213 e. The zero-order valence-corrected chi connectivity index (χ0v) is 13.2. The Bertz CT molecular complexity index is 613. The Balaban J connectivity index is 1.96. The Hall–Kier alpha value is -2.14. The summed E-state index contributed by atoms with van der Waals surface area (Å²) in [6.45, 7) is 4.18. The van der Waals surface area contributed by atoms with Crippen LogP contribution in [0.2, 0.25) is 0 Å². The summed E-state index contributed by atoms with van der Waals surface area (Å²) in [7, 11) is 1.59. The van der Waals surface area contributed by atoms with E-state index in [0.29, 0.717) is 11.0 Å². The number of aromatic nitrogens is 1. The SMILES string of the molecule is COc1ccc(NC(=S)N[C@H](C)c2ccccc2C)cn1. The van der Waals surface area contributed by atoms with Gasteiger partial charge in [0.05, 0.1) is 25.0 Å². The van der Waals surface area contributed by atoms with Crippen molar-refractivity contribution in [3.63, 3.8) is 0 Å². The zero-order chi connectivity index (χ0) is 15.2. The predicted octanol–water partition coefficient (Wildman–Crippen LogP) is 3.45. The standard InChI is InChI=1S/C16H19N3OS/c1-11-6-4-5-7-14(11)12(2)18-16(21)19-13-8-9-15(20-3)17-10-13/h4-10,12H,1-3H3,(H2,18,19,21)/t12-/m1/s1. The molecule has 110 valence electrons. The van der Waals surface area contributed by atoms with Crippen molar-refractivity contribution in [2.75, 3.05) is 12.4 Å². The monoisotopic (exact) mass is 301 g/mol. The molecular formula is C16H19N3OS. The van der Waals surface area contributed by atoms with Gasteiger partial charge in [-0.05, 0) is 43.3 Å². The van der Waals surface area contributed by atoms with Gasteiger partial charge < -0.3 is 15.4 Å². The number of methoxy groups -OCH3 is 1. The molecule has 0 bridgehead atoms. The van der Waals surface area contributed by atoms with E-state index in [4.69, 9.17) is 17.0 Å². The van der Waals surface area contributed by atoms with Crippen LogP contribution in [0.3, 0.4) is 0 Å². The molecule has 0 aliphatic carbocycles. The molecule has 1 atom stereocenters. The van der Waals surface area contributed by atoms with Crippen LogP contribution in [-0.4, -0.2) is 17.2 Å². The van der Waals surface area contributed by atoms with E-state index in [-0.39, 0.29) is 6.04 Å². The third-order valence-electron chi connectivity index (χ3n) is 3.21. The number of pyridine rings is 1. The van der Waals surface area contributed by atoms with Crippen LogP contribution < -0.4 is 15.4 Å². The normalized spacial score (nSPS) is 11.6. The third kappa shape index (κ3) is 4.16. The number of benzene rings is 1.